The van der Waals surface area contributed by atoms with Gasteiger partial charge in [0, 0.05) is 46.4 Å². The highest BCUT2D eigenvalue weighted by molar-refractivity contribution is 14.0. The Kier molecular flexibility index (Phi) is 10.2. The summed E-state index contributed by atoms with van der Waals surface area (Å²) in [5, 5.41) is 6.06. The second-order valence-corrected chi connectivity index (χ2v) is 9.24. The number of guanidine groups is 1. The van der Waals surface area contributed by atoms with Gasteiger partial charge in [0.2, 0.25) is 5.91 Å². The van der Waals surface area contributed by atoms with Gasteiger partial charge >= 0.3 is 0 Å². The molecular weight excluding hydrogens is 491 g/mol. The summed E-state index contributed by atoms with van der Waals surface area (Å²) in [6.07, 6.45) is 3.79. The molecular formula is C19H31IN4O3S. The SMILES string of the molecule is CN=C(NCc1ccc(CS(C)(=O)=O)cc1)N1CCC(CC(=O)NC)CC1.I. The maximum absolute atomic E-state index is 11.5. The third-order valence-electron chi connectivity index (χ3n) is 4.78. The molecule has 0 saturated carbocycles. The van der Waals surface area contributed by atoms with Crippen LogP contribution in [-0.4, -0.2) is 58.6 Å². The molecule has 7 nitrogen and oxygen atoms in total. The van der Waals surface area contributed by atoms with Crippen LogP contribution in [0.5, 0.6) is 0 Å². The first-order chi connectivity index (χ1) is 12.8. The summed E-state index contributed by atoms with van der Waals surface area (Å²) >= 11 is 0. The second kappa shape index (κ2) is 11.6. The van der Waals surface area contributed by atoms with Crippen LogP contribution in [0.15, 0.2) is 29.3 Å². The van der Waals surface area contributed by atoms with Crippen LogP contribution in [0.4, 0.5) is 0 Å². The number of sulfone groups is 1. The Morgan fingerprint density at radius 2 is 1.75 bits per heavy atom. The Morgan fingerprint density at radius 1 is 1.18 bits per heavy atom. The van der Waals surface area contributed by atoms with Crippen molar-refractivity contribution in [2.24, 2.45) is 10.9 Å². The van der Waals surface area contributed by atoms with Gasteiger partial charge in [-0.2, -0.15) is 0 Å². The van der Waals surface area contributed by atoms with Crippen LogP contribution >= 0.6 is 24.0 Å². The van der Waals surface area contributed by atoms with Gasteiger partial charge in [-0.3, -0.25) is 9.79 Å². The van der Waals surface area contributed by atoms with Crippen molar-refractivity contribution in [2.45, 2.75) is 31.6 Å². The van der Waals surface area contributed by atoms with Gasteiger partial charge in [0.15, 0.2) is 15.8 Å². The molecule has 1 amide bonds. The van der Waals surface area contributed by atoms with E-state index >= 15 is 0 Å². The van der Waals surface area contributed by atoms with Crippen LogP contribution in [0.3, 0.4) is 0 Å². The molecule has 0 aromatic heterocycles. The maximum atomic E-state index is 11.5. The van der Waals surface area contributed by atoms with E-state index in [4.69, 9.17) is 0 Å². The molecule has 0 unspecified atom stereocenters. The van der Waals surface area contributed by atoms with Crippen molar-refractivity contribution in [3.63, 3.8) is 0 Å². The molecule has 0 aliphatic carbocycles. The number of rotatable bonds is 6. The van der Waals surface area contributed by atoms with Crippen LogP contribution in [0, 0.1) is 5.92 Å². The molecule has 1 aliphatic heterocycles. The minimum atomic E-state index is -3.01. The zero-order valence-corrected chi connectivity index (χ0v) is 19.9. The molecule has 2 rings (SSSR count). The second-order valence-electron chi connectivity index (χ2n) is 7.10. The molecule has 1 saturated heterocycles. The number of amides is 1. The lowest BCUT2D eigenvalue weighted by Crippen LogP contribution is -2.45. The summed E-state index contributed by atoms with van der Waals surface area (Å²) in [5.41, 5.74) is 1.87. The number of piperidine rings is 1. The molecule has 1 aromatic carbocycles. The van der Waals surface area contributed by atoms with Gasteiger partial charge in [0.05, 0.1) is 5.75 Å². The summed E-state index contributed by atoms with van der Waals surface area (Å²) < 4.78 is 22.7. The fourth-order valence-corrected chi connectivity index (χ4v) is 4.08. The predicted molar refractivity (Wildman–Crippen MR) is 124 cm³/mol. The number of aliphatic imine (C=N–C) groups is 1. The van der Waals surface area contributed by atoms with Crippen molar-refractivity contribution in [3.05, 3.63) is 35.4 Å². The monoisotopic (exact) mass is 522 g/mol. The van der Waals surface area contributed by atoms with E-state index < -0.39 is 9.84 Å². The van der Waals surface area contributed by atoms with Crippen molar-refractivity contribution >= 4 is 45.7 Å². The molecule has 1 heterocycles. The fourth-order valence-electron chi connectivity index (χ4n) is 3.28. The van der Waals surface area contributed by atoms with Crippen LogP contribution in [0.25, 0.3) is 0 Å². The first-order valence-electron chi connectivity index (χ1n) is 9.22. The lowest BCUT2D eigenvalue weighted by molar-refractivity contribution is -0.121. The van der Waals surface area contributed by atoms with E-state index in [0.29, 0.717) is 18.9 Å². The van der Waals surface area contributed by atoms with E-state index in [1.807, 2.05) is 24.3 Å². The molecule has 0 spiro atoms. The minimum Gasteiger partial charge on any atom is -0.359 e. The normalized spacial score (nSPS) is 15.7. The van der Waals surface area contributed by atoms with Crippen molar-refractivity contribution in [3.8, 4) is 0 Å². The maximum Gasteiger partial charge on any atom is 0.220 e. The Labute approximate surface area is 185 Å². The number of likely N-dealkylation sites (tertiary alicyclic amines) is 1. The number of nitrogens with one attached hydrogen (secondary N) is 2. The zero-order chi connectivity index (χ0) is 19.9. The van der Waals surface area contributed by atoms with Gasteiger partial charge in [0.1, 0.15) is 0 Å². The van der Waals surface area contributed by atoms with E-state index in [1.54, 1.807) is 14.1 Å². The Bertz CT molecular complexity index is 758. The highest BCUT2D eigenvalue weighted by Gasteiger charge is 2.22. The highest BCUT2D eigenvalue weighted by atomic mass is 127. The zero-order valence-electron chi connectivity index (χ0n) is 16.8. The molecule has 9 heteroatoms. The Hall–Kier alpha value is -1.36. The number of benzene rings is 1. The number of carbonyl (C=O) groups excluding carboxylic acids is 1. The highest BCUT2D eigenvalue weighted by Crippen LogP contribution is 2.20. The Balaban J connectivity index is 0.00000392. The van der Waals surface area contributed by atoms with E-state index in [9.17, 15) is 13.2 Å². The van der Waals surface area contributed by atoms with Gasteiger partial charge < -0.3 is 15.5 Å². The van der Waals surface area contributed by atoms with Gasteiger partial charge in [0.25, 0.3) is 0 Å². The van der Waals surface area contributed by atoms with Crippen molar-refractivity contribution < 1.29 is 13.2 Å². The number of halogens is 1. The summed E-state index contributed by atoms with van der Waals surface area (Å²) in [5.74, 6) is 1.46. The first kappa shape index (κ1) is 24.7. The van der Waals surface area contributed by atoms with Crippen LogP contribution in [0.2, 0.25) is 0 Å². The number of carbonyl (C=O) groups is 1. The topological polar surface area (TPSA) is 90.9 Å². The average Bonchev–Trinajstić information content (AvgIpc) is 2.63. The third-order valence-corrected chi connectivity index (χ3v) is 5.64. The number of nitrogens with zero attached hydrogens (tertiary/aromatic N) is 2. The molecule has 1 aromatic rings. The summed E-state index contributed by atoms with van der Waals surface area (Å²) in [7, 11) is 0.435. The number of hydrogen-bond acceptors (Lipinski definition) is 4. The third kappa shape index (κ3) is 8.34. The molecule has 2 N–H and O–H groups in total. The van der Waals surface area contributed by atoms with Crippen molar-refractivity contribution in [1.29, 1.82) is 0 Å². The smallest absolute Gasteiger partial charge is 0.220 e. The summed E-state index contributed by atoms with van der Waals surface area (Å²) in [4.78, 5) is 18.1. The first-order valence-corrected chi connectivity index (χ1v) is 11.3. The fraction of sp³-hybridized carbons (Fsp3) is 0.579. The van der Waals surface area contributed by atoms with E-state index in [2.05, 4.69) is 20.5 Å². The Morgan fingerprint density at radius 3 is 2.25 bits per heavy atom. The number of hydrogen-bond donors (Lipinski definition) is 2. The summed E-state index contributed by atoms with van der Waals surface area (Å²) in [6, 6.07) is 7.59. The molecule has 28 heavy (non-hydrogen) atoms. The van der Waals surface area contributed by atoms with Crippen LogP contribution < -0.4 is 10.6 Å². The molecule has 0 atom stereocenters. The standard InChI is InChI=1S/C19H30N4O3S.HI/c1-20-18(24)12-15-8-10-23(11-9-15)19(21-2)22-13-16-4-6-17(7-5-16)14-27(3,25)26;/h4-7,15H,8-14H2,1-3H3,(H,20,24)(H,21,22);1H. The quantitative estimate of drug-likeness (QED) is 0.338. The molecule has 1 fully saturated rings. The lowest BCUT2D eigenvalue weighted by atomic mass is 9.93. The largest absolute Gasteiger partial charge is 0.359 e. The summed E-state index contributed by atoms with van der Waals surface area (Å²) in [6.45, 7) is 2.40. The predicted octanol–water partition coefficient (Wildman–Crippen LogP) is 1.77. The van der Waals surface area contributed by atoms with Gasteiger partial charge in [-0.1, -0.05) is 24.3 Å². The van der Waals surface area contributed by atoms with E-state index in [0.717, 1.165) is 43.0 Å². The molecule has 1 aliphatic rings. The van der Waals surface area contributed by atoms with Crippen LogP contribution in [-0.2, 0) is 26.9 Å². The van der Waals surface area contributed by atoms with Gasteiger partial charge in [-0.15, -0.1) is 24.0 Å². The molecule has 158 valence electrons. The molecule has 0 bridgehead atoms. The van der Waals surface area contributed by atoms with Gasteiger partial charge in [-0.25, -0.2) is 8.42 Å². The van der Waals surface area contributed by atoms with Crippen LogP contribution in [0.1, 0.15) is 30.4 Å². The molecule has 0 radical (unpaired) electrons. The van der Waals surface area contributed by atoms with E-state index in [1.165, 1.54) is 6.26 Å². The minimum absolute atomic E-state index is 0. The van der Waals surface area contributed by atoms with Gasteiger partial charge in [-0.05, 0) is 29.9 Å². The van der Waals surface area contributed by atoms with Crippen molar-refractivity contribution in [1.82, 2.24) is 15.5 Å². The van der Waals surface area contributed by atoms with Crippen molar-refractivity contribution in [2.75, 3.05) is 33.4 Å². The average molecular weight is 522 g/mol. The van der Waals surface area contributed by atoms with E-state index in [-0.39, 0.29) is 35.6 Å². The lowest BCUT2D eigenvalue weighted by Gasteiger charge is -2.34.